The molecule has 0 radical (unpaired) electrons. The lowest BCUT2D eigenvalue weighted by Gasteiger charge is -2.06. The fourth-order valence-corrected chi connectivity index (χ4v) is 2.39. The van der Waals surface area contributed by atoms with Gasteiger partial charge in [-0.2, -0.15) is 0 Å². The molecule has 20 heavy (non-hydrogen) atoms. The van der Waals surface area contributed by atoms with Gasteiger partial charge in [0.15, 0.2) is 0 Å². The quantitative estimate of drug-likeness (QED) is 0.797. The molecule has 0 amide bonds. The molecule has 0 spiro atoms. The summed E-state index contributed by atoms with van der Waals surface area (Å²) in [6, 6.07) is 10.4. The van der Waals surface area contributed by atoms with E-state index in [1.807, 2.05) is 30.1 Å². The van der Waals surface area contributed by atoms with Crippen LogP contribution in [0.1, 0.15) is 5.56 Å². The van der Waals surface area contributed by atoms with Crippen LogP contribution in [0.5, 0.6) is 0 Å². The maximum absolute atomic E-state index is 4.38. The number of fused-ring (bicyclic) bond motifs is 1. The highest BCUT2D eigenvalue weighted by Gasteiger charge is 2.01. The third kappa shape index (κ3) is 2.82. The molecule has 0 saturated carbocycles. The molecule has 1 N–H and O–H groups in total. The van der Waals surface area contributed by atoms with Crippen molar-refractivity contribution < 1.29 is 0 Å². The maximum atomic E-state index is 4.38. The van der Waals surface area contributed by atoms with Crippen LogP contribution in [0.2, 0.25) is 0 Å². The highest BCUT2D eigenvalue weighted by molar-refractivity contribution is 9.10. The number of pyridine rings is 1. The first-order valence-corrected chi connectivity index (χ1v) is 7.27. The van der Waals surface area contributed by atoms with Gasteiger partial charge in [0.05, 0.1) is 17.4 Å². The second-order valence-corrected chi connectivity index (χ2v) is 5.63. The first kappa shape index (κ1) is 13.1. The van der Waals surface area contributed by atoms with E-state index in [0.717, 1.165) is 34.3 Å². The van der Waals surface area contributed by atoms with Gasteiger partial charge >= 0.3 is 0 Å². The Balaban J connectivity index is 1.63. The number of imidazole rings is 1. The van der Waals surface area contributed by atoms with E-state index in [9.17, 15) is 0 Å². The van der Waals surface area contributed by atoms with Crippen LogP contribution < -0.4 is 5.32 Å². The second-order valence-electron chi connectivity index (χ2n) is 4.72. The number of anilines is 1. The van der Waals surface area contributed by atoms with Crippen molar-refractivity contribution in [1.29, 1.82) is 0 Å². The summed E-state index contributed by atoms with van der Waals surface area (Å²) in [4.78, 5) is 8.67. The van der Waals surface area contributed by atoms with Crippen molar-refractivity contribution in [1.82, 2.24) is 14.5 Å². The summed E-state index contributed by atoms with van der Waals surface area (Å²) in [7, 11) is 2.01. The van der Waals surface area contributed by atoms with Gasteiger partial charge in [0.1, 0.15) is 5.82 Å². The third-order valence-electron chi connectivity index (χ3n) is 3.24. The number of aryl methyl sites for hydroxylation is 1. The molecule has 3 aromatic rings. The van der Waals surface area contributed by atoms with E-state index in [2.05, 4.69) is 49.4 Å². The molecule has 4 nitrogen and oxygen atoms in total. The molecule has 0 aliphatic heterocycles. The van der Waals surface area contributed by atoms with E-state index in [0.29, 0.717) is 0 Å². The van der Waals surface area contributed by atoms with Crippen molar-refractivity contribution in [3.63, 3.8) is 0 Å². The van der Waals surface area contributed by atoms with Crippen molar-refractivity contribution in [3.05, 3.63) is 52.9 Å². The van der Waals surface area contributed by atoms with Gasteiger partial charge in [-0.15, -0.1) is 0 Å². The molecule has 102 valence electrons. The molecular weight excluding hydrogens is 316 g/mol. The molecule has 0 atom stereocenters. The van der Waals surface area contributed by atoms with E-state index in [1.54, 1.807) is 6.20 Å². The average Bonchev–Trinajstić information content (AvgIpc) is 2.82. The third-order valence-corrected chi connectivity index (χ3v) is 3.71. The van der Waals surface area contributed by atoms with Crippen LogP contribution in [0.25, 0.3) is 11.0 Å². The SMILES string of the molecule is Cn1cnc2cc(CCNc3ccc(Br)cn3)ccc21. The molecular formula is C15H15BrN4. The molecule has 0 bridgehead atoms. The summed E-state index contributed by atoms with van der Waals surface area (Å²) in [5.74, 6) is 0.895. The predicted octanol–water partition coefficient (Wildman–Crippen LogP) is 3.39. The first-order valence-electron chi connectivity index (χ1n) is 6.48. The Bertz CT molecular complexity index is 718. The Morgan fingerprint density at radius 1 is 1.20 bits per heavy atom. The Labute approximate surface area is 126 Å². The van der Waals surface area contributed by atoms with E-state index in [-0.39, 0.29) is 0 Å². The molecule has 2 heterocycles. The van der Waals surface area contributed by atoms with Gasteiger partial charge in [-0.05, 0) is 52.2 Å². The molecule has 0 aliphatic carbocycles. The number of nitrogens with zero attached hydrogens (tertiary/aromatic N) is 3. The number of benzene rings is 1. The van der Waals surface area contributed by atoms with Crippen molar-refractivity contribution in [2.24, 2.45) is 7.05 Å². The van der Waals surface area contributed by atoms with Crippen LogP contribution in [0.3, 0.4) is 0 Å². The molecule has 5 heteroatoms. The lowest BCUT2D eigenvalue weighted by Crippen LogP contribution is -2.06. The Morgan fingerprint density at radius 3 is 2.90 bits per heavy atom. The summed E-state index contributed by atoms with van der Waals surface area (Å²) in [6.45, 7) is 0.854. The Hall–Kier alpha value is -1.88. The van der Waals surface area contributed by atoms with Gasteiger partial charge in [-0.3, -0.25) is 0 Å². The van der Waals surface area contributed by atoms with E-state index in [1.165, 1.54) is 5.56 Å². The predicted molar refractivity (Wildman–Crippen MR) is 84.8 cm³/mol. The van der Waals surface area contributed by atoms with Crippen LogP contribution in [0.15, 0.2) is 47.3 Å². The molecule has 0 aliphatic rings. The minimum Gasteiger partial charge on any atom is -0.370 e. The van der Waals surface area contributed by atoms with Crippen molar-refractivity contribution in [3.8, 4) is 0 Å². The number of nitrogens with one attached hydrogen (secondary N) is 1. The van der Waals surface area contributed by atoms with E-state index in [4.69, 9.17) is 0 Å². The molecule has 2 aromatic heterocycles. The standard InChI is InChI=1S/C15H15BrN4/c1-20-10-19-13-8-11(2-4-14(13)20)6-7-17-15-5-3-12(16)9-18-15/h2-5,8-10H,6-7H2,1H3,(H,17,18). The zero-order chi connectivity index (χ0) is 13.9. The molecule has 3 rings (SSSR count). The lowest BCUT2D eigenvalue weighted by molar-refractivity contribution is 0.947. The smallest absolute Gasteiger partial charge is 0.125 e. The van der Waals surface area contributed by atoms with E-state index < -0.39 is 0 Å². The van der Waals surface area contributed by atoms with Crippen LogP contribution in [0, 0.1) is 0 Å². The topological polar surface area (TPSA) is 42.7 Å². The lowest BCUT2D eigenvalue weighted by atomic mass is 10.1. The highest BCUT2D eigenvalue weighted by atomic mass is 79.9. The number of hydrogen-bond donors (Lipinski definition) is 1. The molecule has 1 aromatic carbocycles. The largest absolute Gasteiger partial charge is 0.370 e. The van der Waals surface area contributed by atoms with Crippen molar-refractivity contribution >= 4 is 32.8 Å². The van der Waals surface area contributed by atoms with Crippen molar-refractivity contribution in [2.45, 2.75) is 6.42 Å². The molecule has 0 saturated heterocycles. The zero-order valence-electron chi connectivity index (χ0n) is 11.2. The summed E-state index contributed by atoms with van der Waals surface area (Å²) < 4.78 is 3.02. The molecule has 0 fully saturated rings. The minimum absolute atomic E-state index is 0.854. The van der Waals surface area contributed by atoms with Crippen LogP contribution in [-0.2, 0) is 13.5 Å². The summed E-state index contributed by atoms with van der Waals surface area (Å²) >= 11 is 3.38. The van der Waals surface area contributed by atoms with Crippen LogP contribution in [-0.4, -0.2) is 21.1 Å². The van der Waals surface area contributed by atoms with Crippen molar-refractivity contribution in [2.75, 3.05) is 11.9 Å². The number of hydrogen-bond acceptors (Lipinski definition) is 3. The fraction of sp³-hybridized carbons (Fsp3) is 0.200. The summed E-state index contributed by atoms with van der Waals surface area (Å²) in [6.07, 6.45) is 4.59. The van der Waals surface area contributed by atoms with Gasteiger partial charge in [0.25, 0.3) is 0 Å². The van der Waals surface area contributed by atoms with Gasteiger partial charge in [0, 0.05) is 24.3 Å². The second kappa shape index (κ2) is 5.63. The summed E-state index contributed by atoms with van der Waals surface area (Å²) in [5, 5.41) is 3.32. The van der Waals surface area contributed by atoms with Gasteiger partial charge in [-0.25, -0.2) is 9.97 Å². The van der Waals surface area contributed by atoms with Gasteiger partial charge < -0.3 is 9.88 Å². The maximum Gasteiger partial charge on any atom is 0.125 e. The molecule has 0 unspecified atom stereocenters. The average molecular weight is 331 g/mol. The van der Waals surface area contributed by atoms with Crippen LogP contribution in [0.4, 0.5) is 5.82 Å². The van der Waals surface area contributed by atoms with Gasteiger partial charge in [-0.1, -0.05) is 6.07 Å². The van der Waals surface area contributed by atoms with Crippen LogP contribution >= 0.6 is 15.9 Å². The Kier molecular flexibility index (Phi) is 3.69. The normalized spacial score (nSPS) is 10.9. The number of rotatable bonds is 4. The zero-order valence-corrected chi connectivity index (χ0v) is 12.8. The van der Waals surface area contributed by atoms with E-state index >= 15 is 0 Å². The highest BCUT2D eigenvalue weighted by Crippen LogP contribution is 2.15. The fourth-order valence-electron chi connectivity index (χ4n) is 2.15. The monoisotopic (exact) mass is 330 g/mol. The summed E-state index contributed by atoms with van der Waals surface area (Å²) in [5.41, 5.74) is 3.49. The number of aromatic nitrogens is 3. The number of halogens is 1. The first-order chi connectivity index (χ1) is 9.72. The Morgan fingerprint density at radius 2 is 2.10 bits per heavy atom. The minimum atomic E-state index is 0.854. The van der Waals surface area contributed by atoms with Gasteiger partial charge in [0.2, 0.25) is 0 Å².